The van der Waals surface area contributed by atoms with E-state index in [1.807, 2.05) is 48.5 Å². The van der Waals surface area contributed by atoms with Crippen LogP contribution in [0.3, 0.4) is 0 Å². The lowest BCUT2D eigenvalue weighted by molar-refractivity contribution is -0.192. The smallest absolute Gasteiger partial charge is 0.490 e. The number of nitrogen functional groups attached to an aromatic ring is 1. The van der Waals surface area contributed by atoms with E-state index in [2.05, 4.69) is 52.0 Å². The maximum atomic E-state index is 12.3. The Labute approximate surface area is 530 Å². The largest absolute Gasteiger partial charge is 0.497 e. The Balaban J connectivity index is 0.000000215. The minimum absolute atomic E-state index is 0.0615. The molecule has 87 heavy (non-hydrogen) atoms. The molecular formula is C53H44Cl8F3N13O10. The normalized spacial score (nSPS) is 10.5. The molecular weight excluding hydrogens is 1320 g/mol. The van der Waals surface area contributed by atoms with E-state index < -0.39 is 30.1 Å². The summed E-state index contributed by atoms with van der Waals surface area (Å²) in [5, 5.41) is 63.1. The standard InChI is InChI=1S/C19H18Cl2N4O3.C17H14Cl2N4O3.C9H6Cl2N4O2.C6H5Cl2N.C2HF3O2/c1-3-28-19(26)17-18(22-16-10-13(20)6-9-15(16)21)25(24-23-17)11-12-4-7-14(27-2)8-5-12;1-26-12-5-2-10(3-6-12)9-23-16(15(17(24)25)21-22-23)20-14-8-11(18)4-7-13(14)19;10-4-1-2-5(11)6(3-4)12-8-7(9(16)17)13-15-14-8;7-4-1-2-5(8)6(9)3-4;3-2(4,5)1(6)7/h4-10,22H,3,11H2,1-2H3;2-8,20H,9H2,1H3,(H,24,25);1-3H,(H,16,17)(H2,12,13,14,15);1-3H,9H2;(H,6,7). The summed E-state index contributed by atoms with van der Waals surface area (Å²) < 4.78 is 50.1. The summed E-state index contributed by atoms with van der Waals surface area (Å²) in [6.45, 7) is 2.63. The van der Waals surface area contributed by atoms with Crippen molar-refractivity contribution in [3.05, 3.63) is 190 Å². The van der Waals surface area contributed by atoms with Gasteiger partial charge in [-0.1, -0.05) is 127 Å². The molecule has 9 rings (SSSR count). The molecule has 0 fully saturated rings. The number of carboxylic acid groups (broad SMARTS) is 3. The third-order valence-electron chi connectivity index (χ3n) is 10.6. The highest BCUT2D eigenvalue weighted by molar-refractivity contribution is 6.37. The van der Waals surface area contributed by atoms with Crippen molar-refractivity contribution in [1.29, 1.82) is 0 Å². The van der Waals surface area contributed by atoms with E-state index in [1.165, 1.54) is 4.68 Å². The number of benzene rings is 6. The van der Waals surface area contributed by atoms with Gasteiger partial charge in [-0.05, 0) is 115 Å². The van der Waals surface area contributed by atoms with Crippen LogP contribution >= 0.6 is 92.8 Å². The van der Waals surface area contributed by atoms with E-state index in [-0.39, 0.29) is 35.3 Å². The zero-order valence-corrected chi connectivity index (χ0v) is 50.7. The number of aromatic nitrogens is 9. The Morgan fingerprint density at radius 1 is 0.552 bits per heavy atom. The molecule has 0 unspecified atom stereocenters. The van der Waals surface area contributed by atoms with E-state index in [9.17, 15) is 32.7 Å². The van der Waals surface area contributed by atoms with Gasteiger partial charge in [-0.15, -0.1) is 20.4 Å². The van der Waals surface area contributed by atoms with Gasteiger partial charge in [-0.2, -0.15) is 18.4 Å². The highest BCUT2D eigenvalue weighted by Crippen LogP contribution is 2.33. The molecule has 458 valence electrons. The Bertz CT molecular complexity index is 3820. The maximum Gasteiger partial charge on any atom is 0.490 e. The molecule has 6 aromatic carbocycles. The van der Waals surface area contributed by atoms with Gasteiger partial charge in [0.05, 0.1) is 76.8 Å². The maximum absolute atomic E-state index is 12.3. The van der Waals surface area contributed by atoms with Crippen molar-refractivity contribution in [2.75, 3.05) is 42.5 Å². The number of methoxy groups -OCH3 is 2. The molecule has 0 amide bonds. The number of aromatic carboxylic acids is 2. The van der Waals surface area contributed by atoms with Gasteiger partial charge in [0.1, 0.15) is 11.5 Å². The number of anilines is 7. The lowest BCUT2D eigenvalue weighted by atomic mass is 10.2. The van der Waals surface area contributed by atoms with E-state index in [4.69, 9.17) is 128 Å². The van der Waals surface area contributed by atoms with Crippen molar-refractivity contribution in [3.8, 4) is 11.5 Å². The molecule has 0 radical (unpaired) electrons. The first-order valence-corrected chi connectivity index (χ1v) is 27.1. The number of hydrogen-bond donors (Lipinski definition) is 8. The van der Waals surface area contributed by atoms with E-state index in [0.29, 0.717) is 81.8 Å². The summed E-state index contributed by atoms with van der Waals surface area (Å²) >= 11 is 47.4. The second kappa shape index (κ2) is 32.9. The van der Waals surface area contributed by atoms with Gasteiger partial charge in [0.15, 0.2) is 17.5 Å². The highest BCUT2D eigenvalue weighted by atomic mass is 35.5. The molecule has 23 nitrogen and oxygen atoms in total. The van der Waals surface area contributed by atoms with E-state index in [1.54, 1.807) is 98.6 Å². The first kappa shape index (κ1) is 69.3. The molecule has 34 heteroatoms. The summed E-state index contributed by atoms with van der Waals surface area (Å²) in [5.74, 6) is -3.62. The summed E-state index contributed by atoms with van der Waals surface area (Å²) in [6, 6.07) is 34.4. The van der Waals surface area contributed by atoms with Crippen LogP contribution in [0, 0.1) is 0 Å². The Kier molecular flexibility index (Phi) is 26.2. The quantitative estimate of drug-likeness (QED) is 0.0329. The number of ether oxygens (including phenoxy) is 3. The fourth-order valence-corrected chi connectivity index (χ4v) is 7.84. The zero-order chi connectivity index (χ0) is 64.1. The molecule has 9 aromatic rings. The fraction of sp³-hybridized carbons (Fsp3) is 0.132. The van der Waals surface area contributed by atoms with Crippen LogP contribution in [0.5, 0.6) is 11.5 Å². The number of nitrogens with one attached hydrogen (secondary N) is 4. The number of rotatable bonds is 16. The SMILES string of the molecule is CCOC(=O)c1nnn(Cc2ccc(OC)cc2)c1Nc1cc(Cl)ccc1Cl.COc1ccc(Cn2nnc(C(=O)O)c2Nc2cc(Cl)ccc2Cl)cc1.Nc1cc(Cl)ccc1Cl.O=C(O)C(F)(F)F.O=C(O)c1n[nH]nc1Nc1cc(Cl)ccc1Cl. The van der Waals surface area contributed by atoms with Crippen LogP contribution in [0.25, 0.3) is 0 Å². The number of carboxylic acids is 3. The molecule has 0 aliphatic heterocycles. The van der Waals surface area contributed by atoms with E-state index >= 15 is 0 Å². The summed E-state index contributed by atoms with van der Waals surface area (Å²) in [6.07, 6.45) is -5.08. The Morgan fingerprint density at radius 3 is 1.30 bits per heavy atom. The molecule has 3 aromatic heterocycles. The first-order chi connectivity index (χ1) is 41.2. The van der Waals surface area contributed by atoms with Crippen LogP contribution in [0.4, 0.5) is 53.4 Å². The number of esters is 1. The summed E-state index contributed by atoms with van der Waals surface area (Å²) in [5.41, 5.74) is 8.83. The zero-order valence-electron chi connectivity index (χ0n) is 44.7. The average molecular weight is 1360 g/mol. The van der Waals surface area contributed by atoms with Gasteiger partial charge in [0, 0.05) is 20.1 Å². The molecule has 0 saturated heterocycles. The highest BCUT2D eigenvalue weighted by Gasteiger charge is 2.38. The van der Waals surface area contributed by atoms with Gasteiger partial charge in [0.2, 0.25) is 17.1 Å². The summed E-state index contributed by atoms with van der Waals surface area (Å²) in [4.78, 5) is 43.5. The van der Waals surface area contributed by atoms with E-state index in [0.717, 1.165) is 22.6 Å². The van der Waals surface area contributed by atoms with Crippen molar-refractivity contribution in [3.63, 3.8) is 0 Å². The van der Waals surface area contributed by atoms with Gasteiger partial charge in [-0.25, -0.2) is 28.5 Å². The number of nitrogens with zero attached hydrogens (tertiary/aromatic N) is 8. The van der Waals surface area contributed by atoms with Crippen LogP contribution in [0.2, 0.25) is 40.2 Å². The minimum atomic E-state index is -5.08. The van der Waals surface area contributed by atoms with Crippen molar-refractivity contribution in [2.24, 2.45) is 0 Å². The number of hydrogen-bond acceptors (Lipinski definition) is 17. The Morgan fingerprint density at radius 2 is 0.931 bits per heavy atom. The van der Waals surface area contributed by atoms with Gasteiger partial charge in [-0.3, -0.25) is 0 Å². The number of H-pyrrole nitrogens is 1. The van der Waals surface area contributed by atoms with Crippen molar-refractivity contribution in [2.45, 2.75) is 26.2 Å². The molecule has 0 saturated carbocycles. The van der Waals surface area contributed by atoms with Crippen LogP contribution in [0.15, 0.2) is 121 Å². The molecule has 0 atom stereocenters. The van der Waals surface area contributed by atoms with Crippen LogP contribution in [-0.4, -0.2) is 112 Å². The number of halogens is 11. The first-order valence-electron chi connectivity index (χ1n) is 24.1. The second-order valence-electron chi connectivity index (χ2n) is 16.7. The Hall–Kier alpha value is -8.47. The number of aliphatic carboxylic acids is 1. The van der Waals surface area contributed by atoms with Gasteiger partial charge in [0.25, 0.3) is 0 Å². The summed E-state index contributed by atoms with van der Waals surface area (Å²) in [7, 11) is 3.19. The van der Waals surface area contributed by atoms with Crippen LogP contribution < -0.4 is 31.2 Å². The topological polar surface area (TPSA) is 322 Å². The third kappa shape index (κ3) is 21.2. The molecule has 9 N–H and O–H groups in total. The average Bonchev–Trinajstić information content (AvgIpc) is 2.48. The van der Waals surface area contributed by atoms with Crippen LogP contribution in [-0.2, 0) is 22.6 Å². The molecule has 0 spiro atoms. The van der Waals surface area contributed by atoms with Gasteiger partial charge >= 0.3 is 30.1 Å². The predicted molar refractivity (Wildman–Crippen MR) is 324 cm³/mol. The number of aromatic amines is 1. The number of nitrogens with two attached hydrogens (primary N) is 1. The van der Waals surface area contributed by atoms with Crippen molar-refractivity contribution < 1.29 is 61.9 Å². The molecule has 0 aliphatic rings. The second-order valence-corrected chi connectivity index (χ2v) is 20.0. The van der Waals surface area contributed by atoms with Crippen molar-refractivity contribution in [1.82, 2.24) is 45.4 Å². The lowest BCUT2D eigenvalue weighted by Crippen LogP contribution is -2.21. The predicted octanol–water partition coefficient (Wildman–Crippen LogP) is 14.4. The number of carbonyl (C=O) groups excluding carboxylic acids is 1. The molecule has 3 heterocycles. The van der Waals surface area contributed by atoms with Gasteiger partial charge < -0.3 is 51.2 Å². The molecule has 0 bridgehead atoms. The monoisotopic (exact) mass is 1360 g/mol. The minimum Gasteiger partial charge on any atom is -0.497 e. The van der Waals surface area contributed by atoms with Crippen LogP contribution in [0.1, 0.15) is 49.5 Å². The number of carbonyl (C=O) groups is 4. The number of alkyl halides is 3. The third-order valence-corrected chi connectivity index (χ3v) is 12.9. The fourth-order valence-electron chi connectivity index (χ4n) is 6.53. The lowest BCUT2D eigenvalue weighted by Gasteiger charge is -2.12. The molecule has 0 aliphatic carbocycles. The van der Waals surface area contributed by atoms with Crippen molar-refractivity contribution >= 4 is 157 Å².